The monoisotopic (exact) mass is 404 g/mol. The van der Waals surface area contributed by atoms with E-state index in [4.69, 9.17) is 0 Å². The van der Waals surface area contributed by atoms with E-state index in [1.807, 2.05) is 17.8 Å². The fourth-order valence-electron chi connectivity index (χ4n) is 4.40. The quantitative estimate of drug-likeness (QED) is 0.826. The van der Waals surface area contributed by atoms with Gasteiger partial charge in [-0.1, -0.05) is 30.3 Å². The zero-order valence-electron chi connectivity index (χ0n) is 16.7. The lowest BCUT2D eigenvalue weighted by molar-refractivity contribution is 0.716. The van der Waals surface area contributed by atoms with E-state index in [9.17, 15) is 4.79 Å². The number of aliphatic imine (C=N–C) groups is 1. The third-order valence-corrected chi connectivity index (χ3v) is 6.97. The van der Waals surface area contributed by atoms with Gasteiger partial charge in [0.05, 0.1) is 22.5 Å². The Morgan fingerprint density at radius 1 is 1.21 bits per heavy atom. The number of aromatic nitrogens is 2. The number of rotatable bonds is 4. The molecule has 2 aliphatic carbocycles. The van der Waals surface area contributed by atoms with E-state index in [2.05, 4.69) is 64.0 Å². The lowest BCUT2D eigenvalue weighted by atomic mass is 10.0. The first-order valence-corrected chi connectivity index (χ1v) is 11.0. The zero-order valence-corrected chi connectivity index (χ0v) is 17.6. The number of thioether (sulfide) groups is 1. The molecule has 0 radical (unpaired) electrons. The molecular formula is C23H24N4OS. The standard InChI is InChI=1S/C23H24N4OS/c1-14-11-19-21(29-15(2)24-19)12-18(14)25-23-26-22(28)17-9-6-10-20(17)27(23)13-16-7-4-3-5-8-16/h3-5,7-8,11,21H,6,9-10,12-13H2,1-2H3,(H,25,26,28). The summed E-state index contributed by atoms with van der Waals surface area (Å²) < 4.78 is 2.21. The molecule has 2 heterocycles. The van der Waals surface area contributed by atoms with Crippen LogP contribution in [-0.4, -0.2) is 19.8 Å². The lowest BCUT2D eigenvalue weighted by Gasteiger charge is -2.24. The van der Waals surface area contributed by atoms with Crippen LogP contribution in [-0.2, 0) is 19.4 Å². The van der Waals surface area contributed by atoms with Gasteiger partial charge in [0.2, 0.25) is 5.95 Å². The van der Waals surface area contributed by atoms with E-state index < -0.39 is 0 Å². The van der Waals surface area contributed by atoms with Gasteiger partial charge in [0.25, 0.3) is 5.56 Å². The summed E-state index contributed by atoms with van der Waals surface area (Å²) in [6.07, 6.45) is 5.82. The summed E-state index contributed by atoms with van der Waals surface area (Å²) in [7, 11) is 0. The Morgan fingerprint density at radius 2 is 2.03 bits per heavy atom. The van der Waals surface area contributed by atoms with E-state index in [-0.39, 0.29) is 5.56 Å². The number of nitrogens with zero attached hydrogens (tertiary/aromatic N) is 3. The number of benzene rings is 1. The Bertz CT molecular complexity index is 1130. The third-order valence-electron chi connectivity index (χ3n) is 5.84. The van der Waals surface area contributed by atoms with Crippen LogP contribution in [0.15, 0.2) is 63.2 Å². The molecule has 6 heteroatoms. The molecule has 1 aliphatic heterocycles. The maximum atomic E-state index is 12.7. The molecule has 1 atom stereocenters. The summed E-state index contributed by atoms with van der Waals surface area (Å²) in [6, 6.07) is 10.4. The first-order chi connectivity index (χ1) is 14.1. The number of nitrogens with one attached hydrogen (secondary N) is 1. The number of anilines is 1. The number of allylic oxidation sites excluding steroid dienone is 3. The van der Waals surface area contributed by atoms with E-state index in [1.54, 1.807) is 0 Å². The van der Waals surface area contributed by atoms with E-state index >= 15 is 0 Å². The van der Waals surface area contributed by atoms with Crippen molar-refractivity contribution in [3.05, 3.63) is 80.5 Å². The molecule has 3 aliphatic rings. The van der Waals surface area contributed by atoms with Crippen LogP contribution in [0.25, 0.3) is 0 Å². The predicted molar refractivity (Wildman–Crippen MR) is 120 cm³/mol. The number of hydrogen-bond donors (Lipinski definition) is 1. The molecule has 0 amide bonds. The zero-order chi connectivity index (χ0) is 20.0. The normalized spacial score (nSPS) is 20.3. The van der Waals surface area contributed by atoms with Crippen LogP contribution >= 0.6 is 11.8 Å². The molecule has 1 unspecified atom stereocenters. The molecule has 5 nitrogen and oxygen atoms in total. The van der Waals surface area contributed by atoms with Gasteiger partial charge in [0, 0.05) is 23.4 Å². The maximum Gasteiger partial charge on any atom is 0.277 e. The molecule has 0 spiro atoms. The summed E-state index contributed by atoms with van der Waals surface area (Å²) >= 11 is 1.81. The Labute approximate surface area is 174 Å². The van der Waals surface area contributed by atoms with E-state index in [1.165, 1.54) is 5.56 Å². The molecule has 1 aromatic heterocycles. The minimum Gasteiger partial charge on any atom is -0.329 e. The van der Waals surface area contributed by atoms with Crippen molar-refractivity contribution in [2.75, 3.05) is 5.32 Å². The Balaban J connectivity index is 1.54. The van der Waals surface area contributed by atoms with E-state index in [0.717, 1.165) is 59.0 Å². The van der Waals surface area contributed by atoms with Gasteiger partial charge in [0.15, 0.2) is 0 Å². The van der Waals surface area contributed by atoms with Crippen molar-refractivity contribution in [2.24, 2.45) is 4.99 Å². The van der Waals surface area contributed by atoms with Crippen LogP contribution in [0.3, 0.4) is 0 Å². The van der Waals surface area contributed by atoms with Crippen molar-refractivity contribution in [1.29, 1.82) is 0 Å². The molecular weight excluding hydrogens is 380 g/mol. The molecule has 29 heavy (non-hydrogen) atoms. The van der Waals surface area contributed by atoms with Gasteiger partial charge in [-0.25, -0.2) is 0 Å². The third kappa shape index (κ3) is 3.46. The highest BCUT2D eigenvalue weighted by Crippen LogP contribution is 2.39. The van der Waals surface area contributed by atoms with Gasteiger partial charge in [-0.3, -0.25) is 9.79 Å². The molecule has 0 saturated heterocycles. The summed E-state index contributed by atoms with van der Waals surface area (Å²) in [5, 5.41) is 5.01. The Hall–Kier alpha value is -2.60. The van der Waals surface area contributed by atoms with Crippen LogP contribution in [0, 0.1) is 0 Å². The average molecular weight is 405 g/mol. The van der Waals surface area contributed by atoms with Crippen molar-refractivity contribution in [1.82, 2.24) is 9.55 Å². The summed E-state index contributed by atoms with van der Waals surface area (Å²) in [5.41, 5.74) is 6.60. The minimum atomic E-state index is -0.0796. The van der Waals surface area contributed by atoms with Crippen LogP contribution in [0.1, 0.15) is 43.5 Å². The maximum absolute atomic E-state index is 12.7. The second-order valence-electron chi connectivity index (χ2n) is 7.89. The highest BCUT2D eigenvalue weighted by Gasteiger charge is 2.29. The SMILES string of the molecule is CC1=NC2=CC(C)=C(Nc3nc(=O)c4c(n3Cc3ccccc3)CCC4)CC2S1. The van der Waals surface area contributed by atoms with Gasteiger partial charge in [-0.2, -0.15) is 4.98 Å². The van der Waals surface area contributed by atoms with Gasteiger partial charge in [-0.05, 0) is 50.3 Å². The van der Waals surface area contributed by atoms with Crippen molar-refractivity contribution < 1.29 is 0 Å². The van der Waals surface area contributed by atoms with Gasteiger partial charge >= 0.3 is 0 Å². The van der Waals surface area contributed by atoms with Crippen molar-refractivity contribution in [3.8, 4) is 0 Å². The second kappa shape index (κ2) is 7.34. The molecule has 1 aromatic carbocycles. The molecule has 0 saturated carbocycles. The summed E-state index contributed by atoms with van der Waals surface area (Å²) in [6.45, 7) is 4.88. The average Bonchev–Trinajstić information content (AvgIpc) is 3.32. The molecule has 0 fully saturated rings. The van der Waals surface area contributed by atoms with Crippen LogP contribution < -0.4 is 10.9 Å². The predicted octanol–water partition coefficient (Wildman–Crippen LogP) is 4.29. The molecule has 2 aromatic rings. The van der Waals surface area contributed by atoms with Crippen molar-refractivity contribution >= 4 is 22.8 Å². The highest BCUT2D eigenvalue weighted by atomic mass is 32.2. The fraction of sp³-hybridized carbons (Fsp3) is 0.348. The van der Waals surface area contributed by atoms with Gasteiger partial charge in [0.1, 0.15) is 0 Å². The highest BCUT2D eigenvalue weighted by molar-refractivity contribution is 8.14. The number of fused-ring (bicyclic) bond motifs is 2. The fourth-order valence-corrected chi connectivity index (χ4v) is 5.46. The molecule has 0 bridgehead atoms. The second-order valence-corrected chi connectivity index (χ2v) is 9.28. The number of hydrogen-bond acceptors (Lipinski definition) is 5. The van der Waals surface area contributed by atoms with Crippen LogP contribution in [0.5, 0.6) is 0 Å². The van der Waals surface area contributed by atoms with Crippen LogP contribution in [0.4, 0.5) is 5.95 Å². The molecule has 1 N–H and O–H groups in total. The lowest BCUT2D eigenvalue weighted by Crippen LogP contribution is -2.25. The Kier molecular flexibility index (Phi) is 4.66. The first-order valence-electron chi connectivity index (χ1n) is 10.2. The van der Waals surface area contributed by atoms with Crippen LogP contribution in [0.2, 0.25) is 0 Å². The molecule has 5 rings (SSSR count). The van der Waals surface area contributed by atoms with Crippen molar-refractivity contribution in [2.45, 2.75) is 51.3 Å². The van der Waals surface area contributed by atoms with Gasteiger partial charge < -0.3 is 9.88 Å². The molecule has 148 valence electrons. The Morgan fingerprint density at radius 3 is 2.86 bits per heavy atom. The first kappa shape index (κ1) is 18.4. The summed E-state index contributed by atoms with van der Waals surface area (Å²) in [4.78, 5) is 21.8. The topological polar surface area (TPSA) is 59.3 Å². The summed E-state index contributed by atoms with van der Waals surface area (Å²) in [5.74, 6) is 0.659. The largest absolute Gasteiger partial charge is 0.329 e. The smallest absolute Gasteiger partial charge is 0.277 e. The van der Waals surface area contributed by atoms with Gasteiger partial charge in [-0.15, -0.1) is 11.8 Å². The van der Waals surface area contributed by atoms with Crippen molar-refractivity contribution in [3.63, 3.8) is 0 Å². The minimum absolute atomic E-state index is 0.0796. The van der Waals surface area contributed by atoms with E-state index in [0.29, 0.717) is 17.7 Å².